The van der Waals surface area contributed by atoms with Gasteiger partial charge in [-0.1, -0.05) is 31.5 Å². The Kier molecular flexibility index (Phi) is 12.9. The van der Waals surface area contributed by atoms with Crippen molar-refractivity contribution in [2.45, 2.75) is 37.9 Å². The van der Waals surface area contributed by atoms with E-state index in [1.54, 1.807) is 17.3 Å². The summed E-state index contributed by atoms with van der Waals surface area (Å²) in [7, 11) is -0.841. The molecule has 0 nitrogen and oxygen atoms in total. The molecule has 1 aliphatic carbocycles. The van der Waals surface area contributed by atoms with Crippen LogP contribution in [0.5, 0.6) is 0 Å². The Labute approximate surface area is 150 Å². The van der Waals surface area contributed by atoms with Crippen LogP contribution in [-0.4, -0.2) is 8.07 Å². The molecule has 1 aromatic carbocycles. The number of halogens is 2. The Bertz CT molecular complexity index is 352. The Morgan fingerprint density at radius 3 is 2.05 bits per heavy atom. The van der Waals surface area contributed by atoms with Crippen LogP contribution >= 0.6 is 0 Å². The molecule has 0 amide bonds. The first-order valence-corrected chi connectivity index (χ1v) is 8.93. The van der Waals surface area contributed by atoms with Crippen molar-refractivity contribution < 1.29 is 51.0 Å². The average molecular weight is 391 g/mol. The van der Waals surface area contributed by atoms with Crippen LogP contribution in [0.15, 0.2) is 42.5 Å². The summed E-state index contributed by atoms with van der Waals surface area (Å²) in [5.74, 6) is 0. The number of hydrogen-bond acceptors (Lipinski definition) is 0. The van der Waals surface area contributed by atoms with E-state index in [0.29, 0.717) is 0 Å². The maximum absolute atomic E-state index is 2.99. The molecule has 0 atom stereocenters. The summed E-state index contributed by atoms with van der Waals surface area (Å²) >= 11 is 0. The van der Waals surface area contributed by atoms with E-state index < -0.39 is 8.07 Å². The molecule has 2 aliphatic rings. The molecule has 1 heterocycles. The smallest absolute Gasteiger partial charge is 1.00 e. The molecule has 0 aromatic heterocycles. The Morgan fingerprint density at radius 2 is 1.79 bits per heavy atom. The third-order valence-corrected chi connectivity index (χ3v) is 9.38. The Hall–Kier alpha value is 0.510. The summed E-state index contributed by atoms with van der Waals surface area (Å²) in [6.45, 7) is 2.37. The van der Waals surface area contributed by atoms with Crippen LogP contribution in [0.1, 0.15) is 19.8 Å². The van der Waals surface area contributed by atoms with Gasteiger partial charge >= 0.3 is 26.2 Å². The minimum atomic E-state index is -0.841. The molecule has 0 spiro atoms. The predicted octanol–water partition coefficient (Wildman–Crippen LogP) is -2.20. The van der Waals surface area contributed by atoms with Gasteiger partial charge in [0.1, 0.15) is 0 Å². The summed E-state index contributed by atoms with van der Waals surface area (Å²) in [6, 6.07) is 13.6. The summed E-state index contributed by atoms with van der Waals surface area (Å²) in [4.78, 5) is 0. The zero-order valence-electron chi connectivity index (χ0n) is 11.3. The van der Waals surface area contributed by atoms with E-state index in [1.165, 1.54) is 12.5 Å². The Morgan fingerprint density at radius 1 is 1.16 bits per heavy atom. The van der Waals surface area contributed by atoms with Crippen LogP contribution < -0.4 is 30.0 Å². The maximum atomic E-state index is 2.99. The molecular weight excluding hydrogens is 370 g/mol. The van der Waals surface area contributed by atoms with Crippen LogP contribution in [0.25, 0.3) is 0 Å². The third kappa shape index (κ3) is 5.79. The van der Waals surface area contributed by atoms with Crippen molar-refractivity contribution in [3.8, 4) is 0 Å². The topological polar surface area (TPSA) is 0 Å². The SMILES string of the molecule is CC[Si]1([c-]2cccc2)CCC1.[C-]1=CC=CC1.[Cl-].[Cl-].[Zr+4]. The fourth-order valence-electron chi connectivity index (χ4n) is 2.52. The molecule has 1 fully saturated rings. The molecule has 0 radical (unpaired) electrons. The largest absolute Gasteiger partial charge is 4.00 e. The van der Waals surface area contributed by atoms with Crippen molar-refractivity contribution in [3.05, 3.63) is 48.6 Å². The zero-order chi connectivity index (χ0) is 11.3. The Balaban J connectivity index is 0. The van der Waals surface area contributed by atoms with Gasteiger partial charge in [-0.3, -0.25) is 6.08 Å². The van der Waals surface area contributed by atoms with E-state index in [2.05, 4.69) is 43.3 Å². The van der Waals surface area contributed by atoms with Gasteiger partial charge < -0.3 is 24.8 Å². The molecule has 3 rings (SSSR count). The molecule has 102 valence electrons. The normalized spacial score (nSPS) is 16.9. The fraction of sp³-hybridized carbons (Fsp3) is 0.400. The minimum Gasteiger partial charge on any atom is -1.00 e. The van der Waals surface area contributed by atoms with Gasteiger partial charge in [-0.05, 0) is 0 Å². The van der Waals surface area contributed by atoms with Crippen LogP contribution in [-0.2, 0) is 26.2 Å². The fourth-order valence-corrected chi connectivity index (χ4v) is 6.32. The van der Waals surface area contributed by atoms with Crippen molar-refractivity contribution in [1.82, 2.24) is 0 Å². The second kappa shape index (κ2) is 11.2. The minimum absolute atomic E-state index is 0. The van der Waals surface area contributed by atoms with Crippen molar-refractivity contribution in [1.29, 1.82) is 0 Å². The van der Waals surface area contributed by atoms with Gasteiger partial charge in [-0.25, -0.2) is 24.3 Å². The standard InChI is InChI=1S/C10H15Si.C5H5.2ClH.Zr/c1-2-11(8-5-9-11)10-6-3-4-7-10;1-2-4-5-3-1;;;/h3-4,6-7H,2,5,8-9H2,1H3;1-3H,4H2;2*1H;/q2*-1;;;+4/p-2. The van der Waals surface area contributed by atoms with Crippen LogP contribution in [0.3, 0.4) is 0 Å². The van der Waals surface area contributed by atoms with Gasteiger partial charge in [-0.15, -0.1) is 6.42 Å². The van der Waals surface area contributed by atoms with E-state index in [4.69, 9.17) is 0 Å². The van der Waals surface area contributed by atoms with Gasteiger partial charge in [0, 0.05) is 8.07 Å². The van der Waals surface area contributed by atoms with Crippen molar-refractivity contribution in [2.24, 2.45) is 0 Å². The van der Waals surface area contributed by atoms with Gasteiger partial charge in [0.25, 0.3) is 0 Å². The summed E-state index contributed by atoms with van der Waals surface area (Å²) in [5.41, 5.74) is 0. The number of allylic oxidation sites excluding steroid dienone is 4. The quantitative estimate of drug-likeness (QED) is 0.397. The van der Waals surface area contributed by atoms with Gasteiger partial charge in [0.15, 0.2) is 0 Å². The van der Waals surface area contributed by atoms with E-state index in [1.807, 2.05) is 12.2 Å². The number of rotatable bonds is 2. The first kappa shape index (κ1) is 21.8. The molecule has 0 unspecified atom stereocenters. The summed E-state index contributed by atoms with van der Waals surface area (Å²) in [5, 5.41) is 1.71. The maximum Gasteiger partial charge on any atom is 4.00 e. The van der Waals surface area contributed by atoms with E-state index in [9.17, 15) is 0 Å². The van der Waals surface area contributed by atoms with E-state index in [0.717, 1.165) is 6.42 Å². The van der Waals surface area contributed by atoms with Gasteiger partial charge in [-0.2, -0.15) is 23.4 Å². The third-order valence-electron chi connectivity index (χ3n) is 3.85. The van der Waals surface area contributed by atoms with Crippen molar-refractivity contribution in [3.63, 3.8) is 0 Å². The molecule has 0 N–H and O–H groups in total. The van der Waals surface area contributed by atoms with Crippen molar-refractivity contribution in [2.75, 3.05) is 0 Å². The summed E-state index contributed by atoms with van der Waals surface area (Å²) in [6.07, 6.45) is 11.5. The second-order valence-electron chi connectivity index (χ2n) is 4.66. The predicted molar refractivity (Wildman–Crippen MR) is 73.7 cm³/mol. The molecular formula is C15H20Cl2SiZr. The molecule has 4 heteroatoms. The van der Waals surface area contributed by atoms with Gasteiger partial charge in [0.2, 0.25) is 0 Å². The van der Waals surface area contributed by atoms with E-state index in [-0.39, 0.29) is 51.0 Å². The molecule has 1 saturated heterocycles. The van der Waals surface area contributed by atoms with Crippen LogP contribution in [0.2, 0.25) is 18.1 Å². The summed E-state index contributed by atoms with van der Waals surface area (Å²) < 4.78 is 0. The second-order valence-corrected chi connectivity index (χ2v) is 9.51. The zero-order valence-corrected chi connectivity index (χ0v) is 16.3. The average Bonchev–Trinajstić information content (AvgIpc) is 2.93. The first-order chi connectivity index (χ1) is 7.87. The molecule has 1 aliphatic heterocycles. The molecule has 19 heavy (non-hydrogen) atoms. The molecule has 1 aromatic rings. The monoisotopic (exact) mass is 388 g/mol. The van der Waals surface area contributed by atoms with Crippen LogP contribution in [0, 0.1) is 6.08 Å². The molecule has 0 saturated carbocycles. The van der Waals surface area contributed by atoms with Gasteiger partial charge in [0.05, 0.1) is 0 Å². The number of hydrogen-bond donors (Lipinski definition) is 0. The van der Waals surface area contributed by atoms with E-state index >= 15 is 0 Å². The van der Waals surface area contributed by atoms with Crippen LogP contribution in [0.4, 0.5) is 0 Å². The van der Waals surface area contributed by atoms with Crippen molar-refractivity contribution >= 4 is 13.3 Å². The first-order valence-electron chi connectivity index (χ1n) is 6.31. The molecule has 0 bridgehead atoms.